The highest BCUT2D eigenvalue weighted by atomic mass is 35.5. The van der Waals surface area contributed by atoms with E-state index in [2.05, 4.69) is 6.92 Å². The molecule has 1 aliphatic rings. The quantitative estimate of drug-likeness (QED) is 0.390. The lowest BCUT2D eigenvalue weighted by molar-refractivity contribution is -0.113. The van der Waals surface area contributed by atoms with Gasteiger partial charge in [-0.1, -0.05) is 66.2 Å². The molecule has 0 aliphatic carbocycles. The Balaban J connectivity index is 1.80. The highest BCUT2D eigenvalue weighted by Gasteiger charge is 2.33. The first kappa shape index (κ1) is 20.2. The highest BCUT2D eigenvalue weighted by molar-refractivity contribution is 8.27. The Hall–Kier alpha value is -1.53. The Labute approximate surface area is 178 Å². The summed E-state index contributed by atoms with van der Waals surface area (Å²) in [4.78, 5) is 14.8. The Morgan fingerprint density at radius 1 is 1.19 bits per heavy atom. The molecule has 2 aromatic rings. The van der Waals surface area contributed by atoms with E-state index in [9.17, 15) is 4.79 Å². The zero-order chi connectivity index (χ0) is 19.6. The third kappa shape index (κ3) is 4.66. The van der Waals surface area contributed by atoms with Crippen molar-refractivity contribution in [3.8, 4) is 5.75 Å². The van der Waals surface area contributed by atoms with Gasteiger partial charge in [0, 0.05) is 0 Å². The monoisotopic (exact) mass is 437 g/mol. The lowest BCUT2D eigenvalue weighted by atomic mass is 10.2. The van der Waals surface area contributed by atoms with E-state index in [1.807, 2.05) is 37.3 Å². The van der Waals surface area contributed by atoms with Crippen molar-refractivity contribution in [3.05, 3.63) is 63.0 Å². The topological polar surface area (TPSA) is 29.5 Å². The molecule has 7 heteroatoms. The molecule has 3 rings (SSSR count). The molecule has 0 N–H and O–H groups in total. The van der Waals surface area contributed by atoms with Gasteiger partial charge in [-0.2, -0.15) is 0 Å². The van der Waals surface area contributed by atoms with Gasteiger partial charge in [-0.25, -0.2) is 0 Å². The van der Waals surface area contributed by atoms with E-state index in [4.69, 9.17) is 40.2 Å². The number of carbonyl (C=O) groups is 1. The van der Waals surface area contributed by atoms with Crippen LogP contribution in [0.1, 0.15) is 25.8 Å². The SMILES string of the molecule is CC[C@H](C)Oc1ccc(/C=C2/SC(=S)N(c3ccc(Cl)c(Cl)c3)C2=O)cc1. The molecule has 1 fully saturated rings. The molecule has 0 spiro atoms. The molecule has 1 heterocycles. The number of hydrogen-bond acceptors (Lipinski definition) is 4. The molecule has 0 unspecified atom stereocenters. The molecule has 0 saturated carbocycles. The number of ether oxygens (including phenoxy) is 1. The van der Waals surface area contributed by atoms with Crippen molar-refractivity contribution in [2.24, 2.45) is 0 Å². The van der Waals surface area contributed by atoms with Crippen molar-refractivity contribution in [3.63, 3.8) is 0 Å². The number of carbonyl (C=O) groups excluding carboxylic acids is 1. The second kappa shape index (κ2) is 8.65. The van der Waals surface area contributed by atoms with Gasteiger partial charge in [-0.05, 0) is 55.3 Å². The second-order valence-corrected chi connectivity index (χ2v) is 8.51. The van der Waals surface area contributed by atoms with Crippen molar-refractivity contribution >= 4 is 69.2 Å². The fourth-order valence-corrected chi connectivity index (χ4v) is 4.02. The van der Waals surface area contributed by atoms with E-state index in [0.29, 0.717) is 25.0 Å². The zero-order valence-corrected chi connectivity index (χ0v) is 17.9. The summed E-state index contributed by atoms with van der Waals surface area (Å²) in [5, 5.41) is 0.810. The van der Waals surface area contributed by atoms with Gasteiger partial charge in [0.05, 0.1) is 26.7 Å². The van der Waals surface area contributed by atoms with Crippen LogP contribution in [0.25, 0.3) is 6.08 Å². The van der Waals surface area contributed by atoms with E-state index in [0.717, 1.165) is 17.7 Å². The number of thiocarbonyl (C=S) groups is 1. The van der Waals surface area contributed by atoms with Crippen molar-refractivity contribution in [1.29, 1.82) is 0 Å². The predicted octanol–water partition coefficient (Wildman–Crippen LogP) is 6.58. The number of hydrogen-bond donors (Lipinski definition) is 0. The summed E-state index contributed by atoms with van der Waals surface area (Å²) in [5.74, 6) is 0.633. The van der Waals surface area contributed by atoms with Gasteiger partial charge in [0.25, 0.3) is 5.91 Å². The van der Waals surface area contributed by atoms with Crippen molar-refractivity contribution < 1.29 is 9.53 Å². The number of thioether (sulfide) groups is 1. The zero-order valence-electron chi connectivity index (χ0n) is 14.7. The standard InChI is InChI=1S/C20H17Cl2NO2S2/c1-3-12(2)25-15-7-4-13(5-8-15)10-18-19(24)23(20(26)27-18)14-6-9-16(21)17(22)11-14/h4-12H,3H2,1-2H3/b18-10+/t12-/m0/s1. The minimum absolute atomic E-state index is 0.165. The summed E-state index contributed by atoms with van der Waals surface area (Å²) in [6.45, 7) is 4.11. The predicted molar refractivity (Wildman–Crippen MR) is 119 cm³/mol. The van der Waals surface area contributed by atoms with Crippen LogP contribution in [0, 0.1) is 0 Å². The molecule has 27 heavy (non-hydrogen) atoms. The van der Waals surface area contributed by atoms with Gasteiger partial charge in [0.15, 0.2) is 4.32 Å². The fraction of sp³-hybridized carbons (Fsp3) is 0.200. The van der Waals surface area contributed by atoms with Crippen LogP contribution in [0.5, 0.6) is 5.75 Å². The lowest BCUT2D eigenvalue weighted by Crippen LogP contribution is -2.27. The molecule has 0 aromatic heterocycles. The van der Waals surface area contributed by atoms with E-state index >= 15 is 0 Å². The van der Waals surface area contributed by atoms with Gasteiger partial charge >= 0.3 is 0 Å². The molecule has 0 bridgehead atoms. The Morgan fingerprint density at radius 2 is 1.89 bits per heavy atom. The maximum Gasteiger partial charge on any atom is 0.270 e. The first-order valence-corrected chi connectivity index (χ1v) is 10.4. The molecular formula is C20H17Cl2NO2S2. The van der Waals surface area contributed by atoms with Gasteiger partial charge in [0.2, 0.25) is 0 Å². The third-order valence-corrected chi connectivity index (χ3v) is 6.09. The molecule has 1 amide bonds. The summed E-state index contributed by atoms with van der Waals surface area (Å²) in [5.41, 5.74) is 1.51. The van der Waals surface area contributed by atoms with Gasteiger partial charge in [-0.15, -0.1) is 0 Å². The minimum Gasteiger partial charge on any atom is -0.491 e. The van der Waals surface area contributed by atoms with E-state index in [1.54, 1.807) is 18.2 Å². The maximum absolute atomic E-state index is 12.8. The molecule has 1 aliphatic heterocycles. The number of halogens is 2. The Kier molecular flexibility index (Phi) is 6.48. The second-order valence-electron chi connectivity index (χ2n) is 6.02. The smallest absolute Gasteiger partial charge is 0.270 e. The minimum atomic E-state index is -0.177. The summed E-state index contributed by atoms with van der Waals surface area (Å²) in [6, 6.07) is 12.7. The molecule has 0 radical (unpaired) electrons. The summed E-state index contributed by atoms with van der Waals surface area (Å²) in [7, 11) is 0. The maximum atomic E-state index is 12.8. The van der Waals surface area contributed by atoms with Crippen LogP contribution in [0.4, 0.5) is 5.69 Å². The molecule has 1 atom stereocenters. The largest absolute Gasteiger partial charge is 0.491 e. The number of amides is 1. The van der Waals surface area contributed by atoms with Gasteiger partial charge < -0.3 is 4.74 Å². The molecule has 2 aromatic carbocycles. The number of nitrogens with zero attached hydrogens (tertiary/aromatic N) is 1. The fourth-order valence-electron chi connectivity index (χ4n) is 2.42. The molecule has 3 nitrogen and oxygen atoms in total. The summed E-state index contributed by atoms with van der Waals surface area (Å²) >= 11 is 18.7. The van der Waals surface area contributed by atoms with E-state index < -0.39 is 0 Å². The van der Waals surface area contributed by atoms with Crippen LogP contribution in [0.15, 0.2) is 47.4 Å². The first-order valence-electron chi connectivity index (χ1n) is 8.38. The molecule has 140 valence electrons. The van der Waals surface area contributed by atoms with Gasteiger partial charge in [0.1, 0.15) is 5.75 Å². The van der Waals surface area contributed by atoms with Crippen molar-refractivity contribution in [2.75, 3.05) is 4.90 Å². The number of anilines is 1. The Morgan fingerprint density at radius 3 is 2.52 bits per heavy atom. The molecular weight excluding hydrogens is 421 g/mol. The van der Waals surface area contributed by atoms with Gasteiger partial charge in [-0.3, -0.25) is 9.69 Å². The van der Waals surface area contributed by atoms with E-state index in [1.165, 1.54) is 16.7 Å². The average molecular weight is 438 g/mol. The normalized spacial score (nSPS) is 16.9. The first-order chi connectivity index (χ1) is 12.9. The van der Waals surface area contributed by atoms with Crippen molar-refractivity contribution in [1.82, 2.24) is 0 Å². The van der Waals surface area contributed by atoms with Crippen LogP contribution in [-0.2, 0) is 4.79 Å². The third-order valence-electron chi connectivity index (χ3n) is 4.05. The van der Waals surface area contributed by atoms with E-state index in [-0.39, 0.29) is 12.0 Å². The van der Waals surface area contributed by atoms with Crippen LogP contribution < -0.4 is 9.64 Å². The molecule has 1 saturated heterocycles. The van der Waals surface area contributed by atoms with Crippen LogP contribution in [0.3, 0.4) is 0 Å². The van der Waals surface area contributed by atoms with Crippen LogP contribution >= 0.6 is 47.2 Å². The summed E-state index contributed by atoms with van der Waals surface area (Å²) in [6.07, 6.45) is 2.93. The lowest BCUT2D eigenvalue weighted by Gasteiger charge is -2.15. The van der Waals surface area contributed by atoms with Crippen LogP contribution in [0.2, 0.25) is 10.0 Å². The average Bonchev–Trinajstić information content (AvgIpc) is 2.92. The van der Waals surface area contributed by atoms with Crippen LogP contribution in [-0.4, -0.2) is 16.3 Å². The van der Waals surface area contributed by atoms with Crippen molar-refractivity contribution in [2.45, 2.75) is 26.4 Å². The number of benzene rings is 2. The number of rotatable bonds is 5. The Bertz CT molecular complexity index is 913. The highest BCUT2D eigenvalue weighted by Crippen LogP contribution is 2.38. The summed E-state index contributed by atoms with van der Waals surface area (Å²) < 4.78 is 6.24.